The van der Waals surface area contributed by atoms with Gasteiger partial charge in [0.2, 0.25) is 5.91 Å². The molecule has 0 radical (unpaired) electrons. The molecule has 2 heterocycles. The molecule has 1 aliphatic heterocycles. The van der Waals surface area contributed by atoms with Gasteiger partial charge in [-0.25, -0.2) is 0 Å². The summed E-state index contributed by atoms with van der Waals surface area (Å²) in [6.45, 7) is 2.44. The Balaban J connectivity index is 1.73. The van der Waals surface area contributed by atoms with Crippen LogP contribution in [0.2, 0.25) is 5.02 Å². The van der Waals surface area contributed by atoms with Crippen LogP contribution in [0.1, 0.15) is 21.7 Å². The number of rotatable bonds is 3. The van der Waals surface area contributed by atoms with Gasteiger partial charge in [-0.2, -0.15) is 0 Å². The fraction of sp³-hybridized carbons (Fsp3) is 0.250. The molecule has 1 atom stereocenters. The molecule has 6 heteroatoms. The minimum absolute atomic E-state index is 0.115. The van der Waals surface area contributed by atoms with Crippen LogP contribution in [0.5, 0.6) is 0 Å². The number of nitrogens with one attached hydrogen (secondary N) is 1. The van der Waals surface area contributed by atoms with Crippen LogP contribution in [0.15, 0.2) is 35.7 Å². The van der Waals surface area contributed by atoms with E-state index in [1.807, 2.05) is 36.6 Å². The van der Waals surface area contributed by atoms with Crippen molar-refractivity contribution >= 4 is 40.4 Å². The molecular weight excluding hydrogens is 320 g/mol. The van der Waals surface area contributed by atoms with Crippen molar-refractivity contribution in [3.05, 3.63) is 51.2 Å². The third-order valence-electron chi connectivity index (χ3n) is 3.72. The van der Waals surface area contributed by atoms with Crippen molar-refractivity contribution in [2.24, 2.45) is 0 Å². The second-order valence-electron chi connectivity index (χ2n) is 5.19. The van der Waals surface area contributed by atoms with Crippen molar-refractivity contribution < 1.29 is 9.59 Å². The number of thiophene rings is 1. The van der Waals surface area contributed by atoms with E-state index in [1.165, 1.54) is 11.3 Å². The van der Waals surface area contributed by atoms with Crippen molar-refractivity contribution in [2.75, 3.05) is 11.4 Å². The van der Waals surface area contributed by atoms with Gasteiger partial charge in [-0.15, -0.1) is 11.3 Å². The second-order valence-corrected chi connectivity index (χ2v) is 6.51. The highest BCUT2D eigenvalue weighted by Crippen LogP contribution is 2.29. The van der Waals surface area contributed by atoms with Gasteiger partial charge in [0.1, 0.15) is 6.04 Å². The maximum atomic E-state index is 12.5. The van der Waals surface area contributed by atoms with E-state index in [0.29, 0.717) is 28.6 Å². The van der Waals surface area contributed by atoms with Crippen LogP contribution in [0.3, 0.4) is 0 Å². The van der Waals surface area contributed by atoms with E-state index in [-0.39, 0.29) is 11.8 Å². The van der Waals surface area contributed by atoms with Gasteiger partial charge in [0, 0.05) is 6.54 Å². The Morgan fingerprint density at radius 2 is 2.14 bits per heavy atom. The Bertz CT molecular complexity index is 728. The number of hydrogen-bond donors (Lipinski definition) is 1. The zero-order valence-corrected chi connectivity index (χ0v) is 13.6. The van der Waals surface area contributed by atoms with Crippen molar-refractivity contribution in [1.29, 1.82) is 0 Å². The van der Waals surface area contributed by atoms with Crippen LogP contribution in [-0.2, 0) is 4.79 Å². The fourth-order valence-electron chi connectivity index (χ4n) is 2.55. The summed E-state index contributed by atoms with van der Waals surface area (Å²) >= 11 is 7.53. The van der Waals surface area contributed by atoms with E-state index < -0.39 is 6.04 Å². The molecule has 1 aromatic carbocycles. The van der Waals surface area contributed by atoms with Gasteiger partial charge in [-0.1, -0.05) is 23.7 Å². The number of carbonyl (C=O) groups is 2. The predicted octanol–water partition coefficient (Wildman–Crippen LogP) is 3.25. The van der Waals surface area contributed by atoms with Crippen molar-refractivity contribution in [3.8, 4) is 0 Å². The van der Waals surface area contributed by atoms with E-state index in [0.717, 1.165) is 5.56 Å². The van der Waals surface area contributed by atoms with Gasteiger partial charge in [0.15, 0.2) is 0 Å². The molecule has 114 valence electrons. The number of para-hydroxylation sites is 1. The van der Waals surface area contributed by atoms with Gasteiger partial charge in [0.25, 0.3) is 5.91 Å². The SMILES string of the molecule is Cc1ccsc1C(=O)N[C@H]1CCN(c2ccccc2Cl)C1=O. The zero-order chi connectivity index (χ0) is 15.7. The molecular formula is C16H15ClN2O2S. The van der Waals surface area contributed by atoms with Gasteiger partial charge in [-0.05, 0) is 42.5 Å². The molecule has 1 aliphatic rings. The summed E-state index contributed by atoms with van der Waals surface area (Å²) < 4.78 is 0. The Morgan fingerprint density at radius 1 is 1.36 bits per heavy atom. The number of hydrogen-bond acceptors (Lipinski definition) is 3. The van der Waals surface area contributed by atoms with Crippen molar-refractivity contribution in [2.45, 2.75) is 19.4 Å². The number of anilines is 1. The molecule has 0 spiro atoms. The normalized spacial score (nSPS) is 17.8. The monoisotopic (exact) mass is 334 g/mol. The largest absolute Gasteiger partial charge is 0.339 e. The average molecular weight is 335 g/mol. The van der Waals surface area contributed by atoms with Crippen LogP contribution in [-0.4, -0.2) is 24.4 Å². The van der Waals surface area contributed by atoms with E-state index in [1.54, 1.807) is 11.0 Å². The number of aryl methyl sites for hydroxylation is 1. The Hall–Kier alpha value is -1.85. The third kappa shape index (κ3) is 2.74. The van der Waals surface area contributed by atoms with Gasteiger partial charge in [0.05, 0.1) is 15.6 Å². The molecule has 2 aromatic rings. The summed E-state index contributed by atoms with van der Waals surface area (Å²) in [5.41, 5.74) is 1.62. The molecule has 0 saturated carbocycles. The van der Waals surface area contributed by atoms with E-state index in [2.05, 4.69) is 5.32 Å². The van der Waals surface area contributed by atoms with Crippen LogP contribution < -0.4 is 10.2 Å². The summed E-state index contributed by atoms with van der Waals surface area (Å²) in [6.07, 6.45) is 0.584. The van der Waals surface area contributed by atoms with Crippen molar-refractivity contribution in [3.63, 3.8) is 0 Å². The van der Waals surface area contributed by atoms with Crippen molar-refractivity contribution in [1.82, 2.24) is 5.32 Å². The Morgan fingerprint density at radius 3 is 2.82 bits per heavy atom. The van der Waals surface area contributed by atoms with E-state index >= 15 is 0 Å². The van der Waals surface area contributed by atoms with Crippen LogP contribution in [0.25, 0.3) is 0 Å². The Kier molecular flexibility index (Phi) is 4.18. The first-order chi connectivity index (χ1) is 10.6. The molecule has 1 fully saturated rings. The molecule has 22 heavy (non-hydrogen) atoms. The summed E-state index contributed by atoms with van der Waals surface area (Å²) in [4.78, 5) is 27.0. The smallest absolute Gasteiger partial charge is 0.262 e. The molecule has 4 nitrogen and oxygen atoms in total. The lowest BCUT2D eigenvalue weighted by molar-refractivity contribution is -0.118. The number of benzene rings is 1. The molecule has 3 rings (SSSR count). The maximum Gasteiger partial charge on any atom is 0.262 e. The highest BCUT2D eigenvalue weighted by atomic mass is 35.5. The fourth-order valence-corrected chi connectivity index (χ4v) is 3.62. The predicted molar refractivity (Wildman–Crippen MR) is 88.7 cm³/mol. The first-order valence-electron chi connectivity index (χ1n) is 6.99. The van der Waals surface area contributed by atoms with E-state index in [4.69, 9.17) is 11.6 Å². The molecule has 2 amide bonds. The van der Waals surface area contributed by atoms with Crippen LogP contribution in [0.4, 0.5) is 5.69 Å². The molecule has 1 aromatic heterocycles. The topological polar surface area (TPSA) is 49.4 Å². The first-order valence-corrected chi connectivity index (χ1v) is 8.24. The number of nitrogens with zero attached hydrogens (tertiary/aromatic N) is 1. The number of halogens is 1. The third-order valence-corrected chi connectivity index (χ3v) is 5.06. The highest BCUT2D eigenvalue weighted by Gasteiger charge is 2.34. The molecule has 1 N–H and O–H groups in total. The lowest BCUT2D eigenvalue weighted by Crippen LogP contribution is -2.41. The van der Waals surface area contributed by atoms with Gasteiger partial charge >= 0.3 is 0 Å². The van der Waals surface area contributed by atoms with E-state index in [9.17, 15) is 9.59 Å². The zero-order valence-electron chi connectivity index (χ0n) is 12.0. The van der Waals surface area contributed by atoms with Gasteiger partial charge < -0.3 is 10.2 Å². The van der Waals surface area contributed by atoms with Crippen LogP contribution >= 0.6 is 22.9 Å². The maximum absolute atomic E-state index is 12.5. The van der Waals surface area contributed by atoms with Crippen LogP contribution in [0, 0.1) is 6.92 Å². The average Bonchev–Trinajstić information content (AvgIpc) is 3.07. The number of amides is 2. The lowest BCUT2D eigenvalue weighted by Gasteiger charge is -2.18. The summed E-state index contributed by atoms with van der Waals surface area (Å²) in [5, 5.41) is 5.24. The molecule has 0 aliphatic carbocycles. The summed E-state index contributed by atoms with van der Waals surface area (Å²) in [7, 11) is 0. The quantitative estimate of drug-likeness (QED) is 0.936. The molecule has 0 bridgehead atoms. The Labute approximate surface area is 137 Å². The highest BCUT2D eigenvalue weighted by molar-refractivity contribution is 7.12. The summed E-state index contributed by atoms with van der Waals surface area (Å²) in [5.74, 6) is -0.303. The lowest BCUT2D eigenvalue weighted by atomic mass is 10.2. The first kappa shape index (κ1) is 15.1. The minimum atomic E-state index is -0.495. The number of carbonyl (C=O) groups excluding carboxylic acids is 2. The second kappa shape index (κ2) is 6.10. The molecule has 0 unspecified atom stereocenters. The summed E-state index contributed by atoms with van der Waals surface area (Å²) in [6, 6.07) is 8.64. The molecule has 1 saturated heterocycles. The minimum Gasteiger partial charge on any atom is -0.339 e. The standard InChI is InChI=1S/C16H15ClN2O2S/c1-10-7-9-22-14(10)15(20)18-12-6-8-19(16(12)21)13-5-3-2-4-11(13)17/h2-5,7,9,12H,6,8H2,1H3,(H,18,20)/t12-/m0/s1. The van der Waals surface area contributed by atoms with Gasteiger partial charge in [-0.3, -0.25) is 9.59 Å².